The van der Waals surface area contributed by atoms with Crippen LogP contribution in [0.25, 0.3) is 0 Å². The molecule has 0 amide bonds. The van der Waals surface area contributed by atoms with Crippen LogP contribution in [0.5, 0.6) is 0 Å². The van der Waals surface area contributed by atoms with Gasteiger partial charge in [-0.15, -0.1) is 11.8 Å². The minimum absolute atomic E-state index is 0.174. The minimum atomic E-state index is 0.174. The highest BCUT2D eigenvalue weighted by molar-refractivity contribution is 5.12. The zero-order valence-electron chi connectivity index (χ0n) is 8.42. The molecule has 0 aromatic carbocycles. The van der Waals surface area contributed by atoms with Gasteiger partial charge in [0, 0.05) is 31.1 Å². The zero-order valence-corrected chi connectivity index (χ0v) is 8.42. The van der Waals surface area contributed by atoms with Crippen molar-refractivity contribution in [3.8, 4) is 11.8 Å². The number of furan rings is 1. The van der Waals surface area contributed by atoms with E-state index >= 15 is 0 Å². The van der Waals surface area contributed by atoms with Crippen LogP contribution in [0.3, 0.4) is 0 Å². The van der Waals surface area contributed by atoms with Crippen molar-refractivity contribution in [1.82, 2.24) is 5.32 Å². The number of nitrogens with two attached hydrogens (primary N) is 1. The molecule has 0 spiro atoms. The molecular formula is C11H16N2O. The van der Waals surface area contributed by atoms with Gasteiger partial charge in [-0.1, -0.05) is 0 Å². The van der Waals surface area contributed by atoms with E-state index in [1.807, 2.05) is 13.0 Å². The molecule has 3 heteroatoms. The van der Waals surface area contributed by atoms with Crippen molar-refractivity contribution in [2.75, 3.05) is 13.1 Å². The van der Waals surface area contributed by atoms with Gasteiger partial charge in [-0.3, -0.25) is 0 Å². The molecule has 1 aromatic heterocycles. The second kappa shape index (κ2) is 6.25. The summed E-state index contributed by atoms with van der Waals surface area (Å²) in [6.07, 6.45) is 4.23. The normalized spacial score (nSPS) is 11.9. The highest BCUT2D eigenvalue weighted by Crippen LogP contribution is 2.11. The Morgan fingerprint density at radius 2 is 2.50 bits per heavy atom. The molecule has 1 heterocycles. The van der Waals surface area contributed by atoms with E-state index in [4.69, 9.17) is 10.2 Å². The maximum atomic E-state index is 5.64. The number of rotatable bonds is 5. The van der Waals surface area contributed by atoms with Crippen LogP contribution >= 0.6 is 0 Å². The van der Waals surface area contributed by atoms with Crippen LogP contribution in [-0.4, -0.2) is 13.1 Å². The molecule has 0 saturated carbocycles. The maximum Gasteiger partial charge on any atom is 0.0950 e. The Balaban J connectivity index is 2.35. The van der Waals surface area contributed by atoms with Crippen molar-refractivity contribution in [3.05, 3.63) is 24.2 Å². The summed E-state index contributed by atoms with van der Waals surface area (Å²) >= 11 is 0. The standard InChI is InChI=1S/C11H16N2O/c1-2-3-4-6-13-11(8-12)10-5-7-14-9-10/h5,7,9,11,13H,4,6,8,12H2,1H3. The summed E-state index contributed by atoms with van der Waals surface area (Å²) in [4.78, 5) is 0. The van der Waals surface area contributed by atoms with E-state index < -0.39 is 0 Å². The summed E-state index contributed by atoms with van der Waals surface area (Å²) in [7, 11) is 0. The zero-order chi connectivity index (χ0) is 10.2. The average Bonchev–Trinajstić information content (AvgIpc) is 2.71. The molecule has 0 saturated heterocycles. The molecule has 14 heavy (non-hydrogen) atoms. The summed E-state index contributed by atoms with van der Waals surface area (Å²) in [5.74, 6) is 5.85. The summed E-state index contributed by atoms with van der Waals surface area (Å²) in [6, 6.07) is 2.10. The lowest BCUT2D eigenvalue weighted by Gasteiger charge is -2.13. The molecule has 1 atom stereocenters. The van der Waals surface area contributed by atoms with Gasteiger partial charge in [0.15, 0.2) is 0 Å². The first-order chi connectivity index (χ1) is 6.88. The highest BCUT2D eigenvalue weighted by atomic mass is 16.3. The van der Waals surface area contributed by atoms with Gasteiger partial charge in [-0.2, -0.15) is 0 Å². The number of hydrogen-bond acceptors (Lipinski definition) is 3. The Kier molecular flexibility index (Phi) is 4.84. The van der Waals surface area contributed by atoms with Crippen LogP contribution in [0, 0.1) is 11.8 Å². The third-order valence-electron chi connectivity index (χ3n) is 2.00. The van der Waals surface area contributed by atoms with Crippen LogP contribution in [0.4, 0.5) is 0 Å². The van der Waals surface area contributed by atoms with Gasteiger partial charge in [0.05, 0.1) is 12.5 Å². The quantitative estimate of drug-likeness (QED) is 0.546. The molecule has 3 nitrogen and oxygen atoms in total. The lowest BCUT2D eigenvalue weighted by atomic mass is 10.1. The monoisotopic (exact) mass is 192 g/mol. The molecule has 0 aliphatic heterocycles. The van der Waals surface area contributed by atoms with Crippen LogP contribution in [0.1, 0.15) is 24.9 Å². The third kappa shape index (κ3) is 3.25. The van der Waals surface area contributed by atoms with Crippen molar-refractivity contribution in [2.24, 2.45) is 5.73 Å². The topological polar surface area (TPSA) is 51.2 Å². The van der Waals surface area contributed by atoms with Crippen molar-refractivity contribution >= 4 is 0 Å². The minimum Gasteiger partial charge on any atom is -0.472 e. The fourth-order valence-electron chi connectivity index (χ4n) is 1.24. The predicted molar refractivity (Wildman–Crippen MR) is 56.6 cm³/mol. The second-order valence-corrected chi connectivity index (χ2v) is 2.98. The molecule has 1 rings (SSSR count). The van der Waals surface area contributed by atoms with E-state index in [1.165, 1.54) is 0 Å². The molecule has 0 radical (unpaired) electrons. The lowest BCUT2D eigenvalue weighted by molar-refractivity contribution is 0.526. The summed E-state index contributed by atoms with van der Waals surface area (Å²) in [5.41, 5.74) is 6.73. The van der Waals surface area contributed by atoms with E-state index in [1.54, 1.807) is 12.5 Å². The Labute approximate surface area is 84.7 Å². The molecule has 3 N–H and O–H groups in total. The maximum absolute atomic E-state index is 5.64. The predicted octanol–water partition coefficient (Wildman–Crippen LogP) is 1.28. The van der Waals surface area contributed by atoms with Crippen molar-refractivity contribution in [1.29, 1.82) is 0 Å². The third-order valence-corrected chi connectivity index (χ3v) is 2.00. The van der Waals surface area contributed by atoms with E-state index in [0.717, 1.165) is 18.5 Å². The summed E-state index contributed by atoms with van der Waals surface area (Å²) in [6.45, 7) is 3.27. The van der Waals surface area contributed by atoms with E-state index in [0.29, 0.717) is 6.54 Å². The molecule has 1 aromatic rings. The van der Waals surface area contributed by atoms with Crippen LogP contribution in [-0.2, 0) is 0 Å². The first-order valence-electron chi connectivity index (χ1n) is 4.73. The van der Waals surface area contributed by atoms with Crippen LogP contribution in [0.2, 0.25) is 0 Å². The molecule has 1 unspecified atom stereocenters. The number of nitrogens with one attached hydrogen (secondary N) is 1. The fraction of sp³-hybridized carbons (Fsp3) is 0.455. The second-order valence-electron chi connectivity index (χ2n) is 2.98. The first-order valence-corrected chi connectivity index (χ1v) is 4.73. The highest BCUT2D eigenvalue weighted by Gasteiger charge is 2.08. The smallest absolute Gasteiger partial charge is 0.0950 e. The van der Waals surface area contributed by atoms with Gasteiger partial charge in [0.25, 0.3) is 0 Å². The van der Waals surface area contributed by atoms with Crippen molar-refractivity contribution < 1.29 is 4.42 Å². The molecule has 0 fully saturated rings. The molecule has 0 bridgehead atoms. The van der Waals surface area contributed by atoms with Gasteiger partial charge >= 0.3 is 0 Å². The molecule has 0 aliphatic carbocycles. The van der Waals surface area contributed by atoms with E-state index in [2.05, 4.69) is 17.2 Å². The largest absolute Gasteiger partial charge is 0.472 e. The average molecular weight is 192 g/mol. The van der Waals surface area contributed by atoms with Gasteiger partial charge in [-0.05, 0) is 13.0 Å². The van der Waals surface area contributed by atoms with Gasteiger partial charge in [0.2, 0.25) is 0 Å². The van der Waals surface area contributed by atoms with E-state index in [9.17, 15) is 0 Å². The first kappa shape index (κ1) is 10.8. The summed E-state index contributed by atoms with van der Waals surface area (Å²) < 4.78 is 5.00. The van der Waals surface area contributed by atoms with Gasteiger partial charge in [-0.25, -0.2) is 0 Å². The van der Waals surface area contributed by atoms with Crippen molar-refractivity contribution in [2.45, 2.75) is 19.4 Å². The molecule has 76 valence electrons. The Hall–Kier alpha value is -1.24. The van der Waals surface area contributed by atoms with Crippen LogP contribution in [0.15, 0.2) is 23.0 Å². The van der Waals surface area contributed by atoms with Crippen LogP contribution < -0.4 is 11.1 Å². The molecular weight excluding hydrogens is 176 g/mol. The summed E-state index contributed by atoms with van der Waals surface area (Å²) in [5, 5.41) is 3.32. The van der Waals surface area contributed by atoms with Gasteiger partial charge < -0.3 is 15.5 Å². The van der Waals surface area contributed by atoms with E-state index in [-0.39, 0.29) is 6.04 Å². The molecule has 0 aliphatic rings. The Morgan fingerprint density at radius 3 is 3.07 bits per heavy atom. The fourth-order valence-corrected chi connectivity index (χ4v) is 1.24. The van der Waals surface area contributed by atoms with Gasteiger partial charge in [0.1, 0.15) is 0 Å². The lowest BCUT2D eigenvalue weighted by Crippen LogP contribution is -2.28. The Morgan fingerprint density at radius 1 is 1.64 bits per heavy atom. The van der Waals surface area contributed by atoms with Crippen molar-refractivity contribution in [3.63, 3.8) is 0 Å². The SMILES string of the molecule is CC#CCCNC(CN)c1ccoc1. The number of hydrogen-bond donors (Lipinski definition) is 2. The Bertz CT molecular complexity index is 295.